The first-order valence-corrected chi connectivity index (χ1v) is 7.26. The van der Waals surface area contributed by atoms with Gasteiger partial charge in [0.15, 0.2) is 0 Å². The molecule has 0 aliphatic carbocycles. The van der Waals surface area contributed by atoms with Crippen molar-refractivity contribution in [2.45, 2.75) is 57.7 Å². The first-order chi connectivity index (χ1) is 9.13. The van der Waals surface area contributed by atoms with Crippen LogP contribution in [0, 0.1) is 5.82 Å². The fourth-order valence-corrected chi connectivity index (χ4v) is 3.13. The summed E-state index contributed by atoms with van der Waals surface area (Å²) in [6, 6.07) is 4.11. The SMILES string of the molecule is CCC(c1ccc(F)cn1)N1CCCCC1C(C)N. The third-order valence-corrected chi connectivity index (χ3v) is 4.08. The molecular weight excluding hydrogens is 241 g/mol. The molecule has 2 rings (SSSR count). The summed E-state index contributed by atoms with van der Waals surface area (Å²) in [5, 5.41) is 0. The van der Waals surface area contributed by atoms with E-state index in [-0.39, 0.29) is 17.9 Å². The van der Waals surface area contributed by atoms with Crippen LogP contribution in [0.25, 0.3) is 0 Å². The van der Waals surface area contributed by atoms with Crippen LogP contribution in [0.15, 0.2) is 18.3 Å². The molecule has 1 fully saturated rings. The Labute approximate surface area is 115 Å². The Kier molecular flexibility index (Phi) is 4.88. The summed E-state index contributed by atoms with van der Waals surface area (Å²) < 4.78 is 13.0. The smallest absolute Gasteiger partial charge is 0.141 e. The van der Waals surface area contributed by atoms with Gasteiger partial charge in [0.1, 0.15) is 5.82 Å². The van der Waals surface area contributed by atoms with Gasteiger partial charge < -0.3 is 5.73 Å². The molecular formula is C15H24FN3. The van der Waals surface area contributed by atoms with E-state index in [1.165, 1.54) is 25.1 Å². The zero-order chi connectivity index (χ0) is 13.8. The number of nitrogens with two attached hydrogens (primary N) is 1. The van der Waals surface area contributed by atoms with Gasteiger partial charge in [0.05, 0.1) is 17.9 Å². The summed E-state index contributed by atoms with van der Waals surface area (Å²) >= 11 is 0. The quantitative estimate of drug-likeness (QED) is 0.910. The number of pyridine rings is 1. The second-order valence-corrected chi connectivity index (χ2v) is 5.49. The second-order valence-electron chi connectivity index (χ2n) is 5.49. The molecule has 1 aliphatic heterocycles. The molecule has 0 spiro atoms. The Morgan fingerprint density at radius 3 is 2.84 bits per heavy atom. The third-order valence-electron chi connectivity index (χ3n) is 4.08. The lowest BCUT2D eigenvalue weighted by Gasteiger charge is -2.42. The Balaban J connectivity index is 2.21. The van der Waals surface area contributed by atoms with Gasteiger partial charge in [-0.1, -0.05) is 13.3 Å². The molecule has 0 bridgehead atoms. The molecule has 2 heterocycles. The van der Waals surface area contributed by atoms with Gasteiger partial charge in [-0.05, 0) is 44.9 Å². The van der Waals surface area contributed by atoms with Crippen molar-refractivity contribution in [2.24, 2.45) is 5.73 Å². The minimum atomic E-state index is -0.277. The predicted molar refractivity (Wildman–Crippen MR) is 75.2 cm³/mol. The van der Waals surface area contributed by atoms with Crippen LogP contribution in [0.5, 0.6) is 0 Å². The average molecular weight is 265 g/mol. The molecule has 3 nitrogen and oxygen atoms in total. The minimum absolute atomic E-state index is 0.162. The first kappa shape index (κ1) is 14.4. The van der Waals surface area contributed by atoms with Gasteiger partial charge in [-0.3, -0.25) is 9.88 Å². The van der Waals surface area contributed by atoms with E-state index >= 15 is 0 Å². The van der Waals surface area contributed by atoms with Gasteiger partial charge in [0.2, 0.25) is 0 Å². The Bertz CT molecular complexity index is 391. The molecule has 1 aliphatic rings. The summed E-state index contributed by atoms with van der Waals surface area (Å²) in [4.78, 5) is 6.73. The Morgan fingerprint density at radius 1 is 1.47 bits per heavy atom. The summed E-state index contributed by atoms with van der Waals surface area (Å²) in [7, 11) is 0. The third kappa shape index (κ3) is 3.31. The molecule has 1 aromatic heterocycles. The largest absolute Gasteiger partial charge is 0.327 e. The molecule has 1 saturated heterocycles. The van der Waals surface area contributed by atoms with E-state index in [1.807, 2.05) is 0 Å². The Hall–Kier alpha value is -1.00. The maximum absolute atomic E-state index is 13.0. The molecule has 0 saturated carbocycles. The van der Waals surface area contributed by atoms with E-state index < -0.39 is 0 Å². The maximum atomic E-state index is 13.0. The number of halogens is 1. The van der Waals surface area contributed by atoms with Crippen LogP contribution >= 0.6 is 0 Å². The van der Waals surface area contributed by atoms with Gasteiger partial charge in [0, 0.05) is 12.1 Å². The van der Waals surface area contributed by atoms with E-state index in [1.54, 1.807) is 6.07 Å². The van der Waals surface area contributed by atoms with Gasteiger partial charge in [-0.15, -0.1) is 0 Å². The van der Waals surface area contributed by atoms with Crippen molar-refractivity contribution in [1.82, 2.24) is 9.88 Å². The number of aromatic nitrogens is 1. The number of rotatable bonds is 4. The lowest BCUT2D eigenvalue weighted by molar-refractivity contribution is 0.0763. The van der Waals surface area contributed by atoms with E-state index in [4.69, 9.17) is 5.73 Å². The number of hydrogen-bond donors (Lipinski definition) is 1. The second kappa shape index (κ2) is 6.44. The summed E-state index contributed by atoms with van der Waals surface area (Å²) in [5.74, 6) is -0.277. The monoisotopic (exact) mass is 265 g/mol. The highest BCUT2D eigenvalue weighted by Crippen LogP contribution is 2.31. The molecule has 19 heavy (non-hydrogen) atoms. The molecule has 3 unspecified atom stereocenters. The normalized spacial score (nSPS) is 24.1. The van der Waals surface area contributed by atoms with E-state index in [9.17, 15) is 4.39 Å². The van der Waals surface area contributed by atoms with Gasteiger partial charge in [-0.2, -0.15) is 0 Å². The standard InChI is InChI=1S/C15H24FN3/c1-3-14(13-8-7-12(16)10-18-13)19-9-5-4-6-15(19)11(2)17/h7-8,10-11,14-15H,3-6,9,17H2,1-2H3. The molecule has 3 atom stereocenters. The van der Waals surface area contributed by atoms with Gasteiger partial charge in [0.25, 0.3) is 0 Å². The van der Waals surface area contributed by atoms with Crippen molar-refractivity contribution in [3.05, 3.63) is 29.8 Å². The zero-order valence-electron chi connectivity index (χ0n) is 11.8. The van der Waals surface area contributed by atoms with Crippen LogP contribution in [0.2, 0.25) is 0 Å². The fraction of sp³-hybridized carbons (Fsp3) is 0.667. The van der Waals surface area contributed by atoms with Crippen molar-refractivity contribution in [3.8, 4) is 0 Å². The number of hydrogen-bond acceptors (Lipinski definition) is 3. The molecule has 4 heteroatoms. The summed E-state index contributed by atoms with van der Waals surface area (Å²) in [5.41, 5.74) is 7.09. The minimum Gasteiger partial charge on any atom is -0.327 e. The average Bonchev–Trinajstić information content (AvgIpc) is 2.42. The molecule has 1 aromatic rings. The Morgan fingerprint density at radius 2 is 2.26 bits per heavy atom. The van der Waals surface area contributed by atoms with E-state index in [0.29, 0.717) is 6.04 Å². The van der Waals surface area contributed by atoms with Gasteiger partial charge in [-0.25, -0.2) is 4.39 Å². The van der Waals surface area contributed by atoms with Crippen molar-refractivity contribution in [2.75, 3.05) is 6.54 Å². The highest BCUT2D eigenvalue weighted by molar-refractivity contribution is 5.11. The molecule has 0 radical (unpaired) electrons. The number of likely N-dealkylation sites (tertiary alicyclic amines) is 1. The molecule has 106 valence electrons. The van der Waals surface area contributed by atoms with E-state index in [0.717, 1.165) is 25.1 Å². The van der Waals surface area contributed by atoms with Crippen LogP contribution < -0.4 is 5.73 Å². The van der Waals surface area contributed by atoms with Crippen LogP contribution in [-0.2, 0) is 0 Å². The molecule has 0 aromatic carbocycles. The summed E-state index contributed by atoms with van der Waals surface area (Å²) in [6.45, 7) is 5.29. The number of piperidine rings is 1. The maximum Gasteiger partial charge on any atom is 0.141 e. The van der Waals surface area contributed by atoms with Crippen LogP contribution in [0.4, 0.5) is 4.39 Å². The van der Waals surface area contributed by atoms with Crippen molar-refractivity contribution in [3.63, 3.8) is 0 Å². The highest BCUT2D eigenvalue weighted by atomic mass is 19.1. The van der Waals surface area contributed by atoms with Crippen LogP contribution in [0.3, 0.4) is 0 Å². The summed E-state index contributed by atoms with van der Waals surface area (Å²) in [6.07, 6.45) is 5.89. The van der Waals surface area contributed by atoms with Gasteiger partial charge >= 0.3 is 0 Å². The zero-order valence-corrected chi connectivity index (χ0v) is 11.8. The van der Waals surface area contributed by atoms with Crippen molar-refractivity contribution >= 4 is 0 Å². The predicted octanol–water partition coefficient (Wildman–Crippen LogP) is 2.87. The molecule has 2 N–H and O–H groups in total. The lowest BCUT2D eigenvalue weighted by Crippen LogP contribution is -2.50. The fourth-order valence-electron chi connectivity index (χ4n) is 3.13. The van der Waals surface area contributed by atoms with Crippen LogP contribution in [0.1, 0.15) is 51.3 Å². The van der Waals surface area contributed by atoms with E-state index in [2.05, 4.69) is 23.7 Å². The van der Waals surface area contributed by atoms with Crippen molar-refractivity contribution < 1.29 is 4.39 Å². The van der Waals surface area contributed by atoms with Crippen molar-refractivity contribution in [1.29, 1.82) is 0 Å². The topological polar surface area (TPSA) is 42.2 Å². The number of nitrogens with zero attached hydrogens (tertiary/aromatic N) is 2. The van der Waals surface area contributed by atoms with Crippen LogP contribution in [-0.4, -0.2) is 28.5 Å². The molecule has 0 amide bonds. The first-order valence-electron chi connectivity index (χ1n) is 7.26. The highest BCUT2D eigenvalue weighted by Gasteiger charge is 2.31. The lowest BCUT2D eigenvalue weighted by atomic mass is 9.93.